The van der Waals surface area contributed by atoms with E-state index >= 15 is 0 Å². The number of aromatic nitrogens is 1. The van der Waals surface area contributed by atoms with Crippen LogP contribution >= 0.6 is 0 Å². The lowest BCUT2D eigenvalue weighted by atomic mass is 10.1. The fourth-order valence-corrected chi connectivity index (χ4v) is 4.32. The number of hydrogen-bond donors (Lipinski definition) is 1. The zero-order valence-corrected chi connectivity index (χ0v) is 13.2. The summed E-state index contributed by atoms with van der Waals surface area (Å²) in [6.45, 7) is 2.56. The summed E-state index contributed by atoms with van der Waals surface area (Å²) in [4.78, 5) is 0.175. The van der Waals surface area contributed by atoms with Gasteiger partial charge in [-0.2, -0.15) is 4.31 Å². The Kier molecular flexibility index (Phi) is 4.07. The molecule has 0 amide bonds. The standard InChI is InChI=1S/C14H19N3O4S/c1-10-14(9-13(20-10)12-4-6-16-21-12)22(18,19)17-7-2-3-11(15)5-8-17/h4,6,9,11H,2-3,5,7-8,15H2,1H3/t11-/m1/s1. The van der Waals surface area contributed by atoms with Gasteiger partial charge in [-0.25, -0.2) is 8.42 Å². The van der Waals surface area contributed by atoms with Crippen molar-refractivity contribution in [2.75, 3.05) is 13.1 Å². The molecule has 3 rings (SSSR count). The van der Waals surface area contributed by atoms with Crippen LogP contribution in [0.4, 0.5) is 0 Å². The number of furan rings is 1. The molecule has 1 aliphatic rings. The van der Waals surface area contributed by atoms with Crippen molar-refractivity contribution in [2.45, 2.75) is 37.1 Å². The predicted molar refractivity (Wildman–Crippen MR) is 79.5 cm³/mol. The average Bonchev–Trinajstić information content (AvgIpc) is 3.06. The molecule has 8 heteroatoms. The highest BCUT2D eigenvalue weighted by atomic mass is 32.2. The number of rotatable bonds is 3. The number of aryl methyl sites for hydroxylation is 1. The first-order chi connectivity index (χ1) is 10.5. The maximum atomic E-state index is 12.8. The highest BCUT2D eigenvalue weighted by molar-refractivity contribution is 7.89. The molecular formula is C14H19N3O4S. The van der Waals surface area contributed by atoms with Gasteiger partial charge in [-0.05, 0) is 26.2 Å². The average molecular weight is 325 g/mol. The van der Waals surface area contributed by atoms with Crippen LogP contribution in [0, 0.1) is 6.92 Å². The topological polar surface area (TPSA) is 103 Å². The van der Waals surface area contributed by atoms with E-state index in [0.29, 0.717) is 36.8 Å². The van der Waals surface area contributed by atoms with E-state index in [1.165, 1.54) is 16.6 Å². The van der Waals surface area contributed by atoms with Gasteiger partial charge in [0.2, 0.25) is 15.8 Å². The normalized spacial score (nSPS) is 20.9. The lowest BCUT2D eigenvalue weighted by molar-refractivity contribution is 0.412. The molecule has 120 valence electrons. The number of nitrogens with two attached hydrogens (primary N) is 1. The van der Waals surface area contributed by atoms with E-state index < -0.39 is 10.0 Å². The Balaban J connectivity index is 1.92. The molecule has 0 aliphatic carbocycles. The predicted octanol–water partition coefficient (Wildman–Crippen LogP) is 1.74. The molecule has 0 radical (unpaired) electrons. The third kappa shape index (κ3) is 2.81. The first kappa shape index (κ1) is 15.3. The summed E-state index contributed by atoms with van der Waals surface area (Å²) in [6.07, 6.45) is 3.77. The minimum Gasteiger partial charge on any atom is -0.457 e. The molecule has 7 nitrogen and oxygen atoms in total. The third-order valence-electron chi connectivity index (χ3n) is 3.90. The van der Waals surface area contributed by atoms with Gasteiger partial charge in [-0.15, -0.1) is 0 Å². The Morgan fingerprint density at radius 3 is 2.86 bits per heavy atom. The molecule has 0 aromatic carbocycles. The molecule has 1 saturated heterocycles. The summed E-state index contributed by atoms with van der Waals surface area (Å²) in [5, 5.41) is 3.60. The Hall–Kier alpha value is -1.64. The highest BCUT2D eigenvalue weighted by Crippen LogP contribution is 2.30. The van der Waals surface area contributed by atoms with Crippen LogP contribution in [0.1, 0.15) is 25.0 Å². The molecule has 0 saturated carbocycles. The molecular weight excluding hydrogens is 306 g/mol. The van der Waals surface area contributed by atoms with Crippen molar-refractivity contribution in [3.05, 3.63) is 24.1 Å². The van der Waals surface area contributed by atoms with Gasteiger partial charge in [-0.3, -0.25) is 0 Å². The van der Waals surface area contributed by atoms with E-state index in [1.54, 1.807) is 13.0 Å². The number of hydrogen-bond acceptors (Lipinski definition) is 6. The quantitative estimate of drug-likeness (QED) is 0.922. The van der Waals surface area contributed by atoms with Crippen LogP contribution in [0.3, 0.4) is 0 Å². The van der Waals surface area contributed by atoms with E-state index in [4.69, 9.17) is 14.7 Å². The fraction of sp³-hybridized carbons (Fsp3) is 0.500. The van der Waals surface area contributed by atoms with Gasteiger partial charge in [0.05, 0.1) is 6.20 Å². The Labute approximate surface area is 129 Å². The molecule has 0 bridgehead atoms. The van der Waals surface area contributed by atoms with Crippen molar-refractivity contribution >= 4 is 10.0 Å². The lowest BCUT2D eigenvalue weighted by Crippen LogP contribution is -2.33. The summed E-state index contributed by atoms with van der Waals surface area (Å²) in [5.41, 5.74) is 5.92. The Morgan fingerprint density at radius 1 is 1.32 bits per heavy atom. The van der Waals surface area contributed by atoms with Crippen LogP contribution in [-0.4, -0.2) is 37.0 Å². The molecule has 2 N–H and O–H groups in total. The molecule has 0 spiro atoms. The second-order valence-corrected chi connectivity index (χ2v) is 7.41. The summed E-state index contributed by atoms with van der Waals surface area (Å²) in [5.74, 6) is 1.11. The van der Waals surface area contributed by atoms with E-state index in [9.17, 15) is 8.42 Å². The minimum absolute atomic E-state index is 0.0652. The van der Waals surface area contributed by atoms with Crippen LogP contribution < -0.4 is 5.73 Å². The van der Waals surface area contributed by atoms with Crippen LogP contribution in [-0.2, 0) is 10.0 Å². The van der Waals surface area contributed by atoms with E-state index in [0.717, 1.165) is 12.8 Å². The van der Waals surface area contributed by atoms with Crippen LogP contribution in [0.25, 0.3) is 11.5 Å². The third-order valence-corrected chi connectivity index (χ3v) is 5.91. The first-order valence-corrected chi connectivity index (χ1v) is 8.69. The smallest absolute Gasteiger partial charge is 0.246 e. The lowest BCUT2D eigenvalue weighted by Gasteiger charge is -2.19. The van der Waals surface area contributed by atoms with Crippen LogP contribution in [0.2, 0.25) is 0 Å². The maximum absolute atomic E-state index is 12.8. The maximum Gasteiger partial charge on any atom is 0.246 e. The SMILES string of the molecule is Cc1oc(-c2ccno2)cc1S(=O)(=O)N1CCC[C@@H](N)CC1. The van der Waals surface area contributed by atoms with Gasteiger partial charge < -0.3 is 14.7 Å². The molecule has 0 unspecified atom stereocenters. The van der Waals surface area contributed by atoms with Crippen LogP contribution in [0.5, 0.6) is 0 Å². The summed E-state index contributed by atoms with van der Waals surface area (Å²) >= 11 is 0. The monoisotopic (exact) mass is 325 g/mol. The van der Waals surface area contributed by atoms with Crippen molar-refractivity contribution in [1.82, 2.24) is 9.46 Å². The summed E-state index contributed by atoms with van der Waals surface area (Å²) in [7, 11) is -3.59. The van der Waals surface area contributed by atoms with Gasteiger partial charge in [0, 0.05) is 31.3 Å². The Bertz CT molecular complexity index is 736. The molecule has 3 heterocycles. The van der Waals surface area contributed by atoms with Gasteiger partial charge in [0.15, 0.2) is 5.76 Å². The van der Waals surface area contributed by atoms with Crippen LogP contribution in [0.15, 0.2) is 32.2 Å². The molecule has 1 aliphatic heterocycles. The summed E-state index contributed by atoms with van der Waals surface area (Å²) in [6, 6.07) is 3.19. The van der Waals surface area contributed by atoms with Gasteiger partial charge in [0.1, 0.15) is 10.7 Å². The molecule has 2 aromatic heterocycles. The number of sulfonamides is 1. The second-order valence-electron chi connectivity index (χ2n) is 5.50. The highest BCUT2D eigenvalue weighted by Gasteiger charge is 2.30. The minimum atomic E-state index is -3.59. The van der Waals surface area contributed by atoms with E-state index in [2.05, 4.69) is 5.16 Å². The first-order valence-electron chi connectivity index (χ1n) is 7.25. The second kappa shape index (κ2) is 5.86. The zero-order valence-electron chi connectivity index (χ0n) is 12.4. The molecule has 22 heavy (non-hydrogen) atoms. The van der Waals surface area contributed by atoms with Gasteiger partial charge in [0.25, 0.3) is 0 Å². The van der Waals surface area contributed by atoms with Crippen molar-refractivity contribution in [3.8, 4) is 11.5 Å². The zero-order chi connectivity index (χ0) is 15.7. The molecule has 1 fully saturated rings. The van der Waals surface area contributed by atoms with Crippen molar-refractivity contribution in [3.63, 3.8) is 0 Å². The van der Waals surface area contributed by atoms with Gasteiger partial charge >= 0.3 is 0 Å². The fourth-order valence-electron chi connectivity index (χ4n) is 2.66. The van der Waals surface area contributed by atoms with Crippen molar-refractivity contribution in [1.29, 1.82) is 0 Å². The number of nitrogens with zero attached hydrogens (tertiary/aromatic N) is 2. The Morgan fingerprint density at radius 2 is 2.14 bits per heavy atom. The van der Waals surface area contributed by atoms with Crippen molar-refractivity contribution < 1.29 is 17.4 Å². The van der Waals surface area contributed by atoms with E-state index in [-0.39, 0.29) is 10.9 Å². The largest absolute Gasteiger partial charge is 0.457 e. The van der Waals surface area contributed by atoms with Crippen molar-refractivity contribution in [2.24, 2.45) is 5.73 Å². The molecule has 2 aromatic rings. The van der Waals surface area contributed by atoms with E-state index in [1.807, 2.05) is 0 Å². The molecule has 1 atom stereocenters. The van der Waals surface area contributed by atoms with Gasteiger partial charge in [-0.1, -0.05) is 5.16 Å². The summed E-state index contributed by atoms with van der Waals surface area (Å²) < 4.78 is 37.7.